The number of carbonyl (C=O) groups is 1. The molecule has 2 rings (SSSR count). The Morgan fingerprint density at radius 1 is 1.42 bits per heavy atom. The zero-order valence-corrected chi connectivity index (χ0v) is 10.4. The van der Waals surface area contributed by atoms with Crippen molar-refractivity contribution in [2.75, 3.05) is 13.1 Å². The van der Waals surface area contributed by atoms with Gasteiger partial charge in [-0.2, -0.15) is 0 Å². The Balaban J connectivity index is 2.26. The molecule has 1 aliphatic rings. The van der Waals surface area contributed by atoms with Crippen LogP contribution in [0.2, 0.25) is 0 Å². The van der Waals surface area contributed by atoms with Gasteiger partial charge in [-0.1, -0.05) is 35.5 Å². The number of nitrogens with zero attached hydrogens (tertiary/aromatic N) is 2. The second-order valence-corrected chi connectivity index (χ2v) is 4.60. The number of oxime groups is 1. The van der Waals surface area contributed by atoms with Crippen LogP contribution in [0.15, 0.2) is 35.5 Å². The fraction of sp³-hybridized carbons (Fsp3) is 0.385. The third kappa shape index (κ3) is 2.85. The van der Waals surface area contributed by atoms with Gasteiger partial charge in [0.15, 0.2) is 5.84 Å². The summed E-state index contributed by atoms with van der Waals surface area (Å²) in [7, 11) is 0. The number of nitrogens with two attached hydrogens (primary N) is 1. The van der Waals surface area contributed by atoms with Crippen molar-refractivity contribution in [2.24, 2.45) is 10.9 Å². The van der Waals surface area contributed by atoms with E-state index < -0.39 is 12.0 Å². The Morgan fingerprint density at radius 3 is 2.63 bits per heavy atom. The van der Waals surface area contributed by atoms with Gasteiger partial charge in [0.05, 0.1) is 6.10 Å². The van der Waals surface area contributed by atoms with Crippen molar-refractivity contribution in [3.05, 3.63) is 35.9 Å². The number of hydrogen-bond donors (Lipinski definition) is 3. The van der Waals surface area contributed by atoms with E-state index in [0.717, 1.165) is 0 Å². The minimum absolute atomic E-state index is 0.141. The maximum atomic E-state index is 12.4. The molecule has 6 nitrogen and oxygen atoms in total. The lowest BCUT2D eigenvalue weighted by atomic mass is 9.96. The summed E-state index contributed by atoms with van der Waals surface area (Å²) in [4.78, 5) is 14.0. The maximum absolute atomic E-state index is 12.4. The second-order valence-electron chi connectivity index (χ2n) is 4.60. The zero-order valence-electron chi connectivity index (χ0n) is 10.4. The molecular formula is C13H17N3O3. The molecule has 0 saturated carbocycles. The molecule has 1 aromatic rings. The molecule has 1 aromatic carbocycles. The molecule has 1 amide bonds. The van der Waals surface area contributed by atoms with Gasteiger partial charge in [0.1, 0.15) is 5.92 Å². The van der Waals surface area contributed by atoms with E-state index in [2.05, 4.69) is 5.16 Å². The van der Waals surface area contributed by atoms with E-state index >= 15 is 0 Å². The highest BCUT2D eigenvalue weighted by Crippen LogP contribution is 2.21. The number of rotatable bonds is 3. The van der Waals surface area contributed by atoms with Gasteiger partial charge in [-0.3, -0.25) is 4.79 Å². The number of benzene rings is 1. The van der Waals surface area contributed by atoms with Gasteiger partial charge in [-0.25, -0.2) is 0 Å². The van der Waals surface area contributed by atoms with E-state index in [-0.39, 0.29) is 11.7 Å². The Labute approximate surface area is 111 Å². The number of carbonyl (C=O) groups excluding carboxylic acids is 1. The largest absolute Gasteiger partial charge is 0.409 e. The number of amidine groups is 1. The van der Waals surface area contributed by atoms with E-state index in [1.807, 2.05) is 6.07 Å². The molecule has 0 bridgehead atoms. The highest BCUT2D eigenvalue weighted by molar-refractivity contribution is 6.07. The number of aliphatic hydroxyl groups excluding tert-OH is 1. The first-order valence-electron chi connectivity index (χ1n) is 6.12. The molecule has 1 heterocycles. The normalized spacial score (nSPS) is 21.4. The van der Waals surface area contributed by atoms with Crippen LogP contribution >= 0.6 is 0 Å². The third-order valence-electron chi connectivity index (χ3n) is 3.27. The Kier molecular flexibility index (Phi) is 4.01. The molecule has 0 aromatic heterocycles. The number of likely N-dealkylation sites (tertiary alicyclic amines) is 1. The van der Waals surface area contributed by atoms with Crippen molar-refractivity contribution < 1.29 is 15.1 Å². The average molecular weight is 263 g/mol. The zero-order chi connectivity index (χ0) is 13.8. The van der Waals surface area contributed by atoms with Crippen molar-refractivity contribution in [3.63, 3.8) is 0 Å². The predicted molar refractivity (Wildman–Crippen MR) is 69.8 cm³/mol. The molecule has 0 radical (unpaired) electrons. The summed E-state index contributed by atoms with van der Waals surface area (Å²) in [6.45, 7) is 0.781. The van der Waals surface area contributed by atoms with Crippen LogP contribution in [0, 0.1) is 0 Å². The summed E-state index contributed by atoms with van der Waals surface area (Å²) >= 11 is 0. The SMILES string of the molecule is N/C(=N\O)C(C(=O)N1CCC(O)C1)c1ccccc1. The molecule has 2 unspecified atom stereocenters. The number of aliphatic hydroxyl groups is 1. The standard InChI is InChI=1S/C13H17N3O3/c14-12(15-19)11(9-4-2-1-3-5-9)13(18)16-7-6-10(17)8-16/h1-5,10-11,17,19H,6-8H2,(H2,14,15). The van der Waals surface area contributed by atoms with Crippen molar-refractivity contribution >= 4 is 11.7 Å². The molecular weight excluding hydrogens is 246 g/mol. The molecule has 1 saturated heterocycles. The van der Waals surface area contributed by atoms with Gasteiger partial charge in [0.2, 0.25) is 5.91 Å². The average Bonchev–Trinajstić information content (AvgIpc) is 2.86. The van der Waals surface area contributed by atoms with Crippen molar-refractivity contribution in [2.45, 2.75) is 18.4 Å². The molecule has 6 heteroatoms. The summed E-state index contributed by atoms with van der Waals surface area (Å²) < 4.78 is 0. The number of β-amino-alcohol motifs (C(OH)–C–C–N with tert-alkyl or cyclic N) is 1. The predicted octanol–water partition coefficient (Wildman–Crippen LogP) is 0.110. The Morgan fingerprint density at radius 2 is 2.11 bits per heavy atom. The highest BCUT2D eigenvalue weighted by atomic mass is 16.4. The summed E-state index contributed by atoms with van der Waals surface area (Å²) in [5.74, 6) is -1.20. The number of amides is 1. The van der Waals surface area contributed by atoms with Crippen LogP contribution in [0.1, 0.15) is 17.9 Å². The maximum Gasteiger partial charge on any atom is 0.237 e. The smallest absolute Gasteiger partial charge is 0.237 e. The van der Waals surface area contributed by atoms with E-state index in [1.165, 1.54) is 0 Å². The summed E-state index contributed by atoms with van der Waals surface area (Å²) in [6, 6.07) is 8.93. The molecule has 2 atom stereocenters. The van der Waals surface area contributed by atoms with Crippen LogP contribution < -0.4 is 5.73 Å². The molecule has 0 aliphatic carbocycles. The first-order chi connectivity index (χ1) is 9.13. The first kappa shape index (κ1) is 13.4. The fourth-order valence-electron chi connectivity index (χ4n) is 2.27. The van der Waals surface area contributed by atoms with Gasteiger partial charge in [-0.05, 0) is 12.0 Å². The van der Waals surface area contributed by atoms with Gasteiger partial charge < -0.3 is 20.9 Å². The van der Waals surface area contributed by atoms with Crippen molar-refractivity contribution in [3.8, 4) is 0 Å². The Bertz CT molecular complexity index is 475. The van der Waals surface area contributed by atoms with Gasteiger partial charge in [0, 0.05) is 13.1 Å². The molecule has 1 fully saturated rings. The van der Waals surface area contributed by atoms with Crippen molar-refractivity contribution in [1.29, 1.82) is 0 Å². The minimum Gasteiger partial charge on any atom is -0.409 e. The highest BCUT2D eigenvalue weighted by Gasteiger charge is 2.33. The minimum atomic E-state index is -0.809. The molecule has 1 aliphatic heterocycles. The molecule has 19 heavy (non-hydrogen) atoms. The van der Waals surface area contributed by atoms with Crippen LogP contribution in [0.25, 0.3) is 0 Å². The van der Waals surface area contributed by atoms with Crippen LogP contribution in [-0.4, -0.2) is 46.1 Å². The monoisotopic (exact) mass is 263 g/mol. The van der Waals surface area contributed by atoms with Crippen LogP contribution in [0.5, 0.6) is 0 Å². The lowest BCUT2D eigenvalue weighted by molar-refractivity contribution is -0.130. The van der Waals surface area contributed by atoms with Crippen molar-refractivity contribution in [1.82, 2.24) is 4.90 Å². The molecule has 102 valence electrons. The van der Waals surface area contributed by atoms with E-state index in [4.69, 9.17) is 10.9 Å². The summed E-state index contributed by atoms with van der Waals surface area (Å²) in [5.41, 5.74) is 6.31. The molecule has 4 N–H and O–H groups in total. The second kappa shape index (κ2) is 5.71. The van der Waals surface area contributed by atoms with Crippen LogP contribution in [0.3, 0.4) is 0 Å². The van der Waals surface area contributed by atoms with E-state index in [1.54, 1.807) is 29.2 Å². The topological polar surface area (TPSA) is 99.2 Å². The van der Waals surface area contributed by atoms with Gasteiger partial charge in [-0.15, -0.1) is 0 Å². The van der Waals surface area contributed by atoms with Crippen LogP contribution in [0.4, 0.5) is 0 Å². The van der Waals surface area contributed by atoms with E-state index in [9.17, 15) is 9.90 Å². The first-order valence-corrected chi connectivity index (χ1v) is 6.12. The third-order valence-corrected chi connectivity index (χ3v) is 3.27. The number of hydrogen-bond acceptors (Lipinski definition) is 4. The summed E-state index contributed by atoms with van der Waals surface area (Å²) in [5, 5.41) is 21.3. The van der Waals surface area contributed by atoms with Gasteiger partial charge >= 0.3 is 0 Å². The fourth-order valence-corrected chi connectivity index (χ4v) is 2.27. The van der Waals surface area contributed by atoms with E-state index in [0.29, 0.717) is 25.1 Å². The quantitative estimate of drug-likeness (QED) is 0.312. The summed E-state index contributed by atoms with van der Waals surface area (Å²) in [6.07, 6.45) is 0.0660. The van der Waals surface area contributed by atoms with Gasteiger partial charge in [0.25, 0.3) is 0 Å². The Hall–Kier alpha value is -2.08. The van der Waals surface area contributed by atoms with Crippen LogP contribution in [-0.2, 0) is 4.79 Å². The lowest BCUT2D eigenvalue weighted by Gasteiger charge is -2.22. The molecule has 0 spiro atoms. The lowest BCUT2D eigenvalue weighted by Crippen LogP contribution is -2.39.